The number of hydrogen-bond donors (Lipinski definition) is 1. The van der Waals surface area contributed by atoms with E-state index in [1.54, 1.807) is 6.07 Å². The third kappa shape index (κ3) is 3.72. The molecule has 0 aromatic heterocycles. The molecule has 0 aliphatic carbocycles. The van der Waals surface area contributed by atoms with Gasteiger partial charge in [-0.2, -0.15) is 0 Å². The van der Waals surface area contributed by atoms with Crippen molar-refractivity contribution in [1.82, 2.24) is 5.32 Å². The van der Waals surface area contributed by atoms with Crippen LogP contribution < -0.4 is 5.32 Å². The van der Waals surface area contributed by atoms with Crippen molar-refractivity contribution in [2.75, 3.05) is 6.54 Å². The molecule has 0 amide bonds. The summed E-state index contributed by atoms with van der Waals surface area (Å²) in [7, 11) is 0. The van der Waals surface area contributed by atoms with Crippen molar-refractivity contribution >= 4 is 15.9 Å². The van der Waals surface area contributed by atoms with E-state index in [4.69, 9.17) is 0 Å². The predicted octanol–water partition coefficient (Wildman–Crippen LogP) is 5.29. The van der Waals surface area contributed by atoms with Crippen LogP contribution in [0.4, 0.5) is 4.39 Å². The Kier molecular flexibility index (Phi) is 5.54. The third-order valence-corrected chi connectivity index (χ3v) is 4.76. The average Bonchev–Trinajstić information content (AvgIpc) is 2.45. The van der Waals surface area contributed by atoms with Gasteiger partial charge in [0.2, 0.25) is 0 Å². The smallest absolute Gasteiger partial charge is 0.123 e. The van der Waals surface area contributed by atoms with E-state index in [0.717, 1.165) is 28.6 Å². The molecule has 2 aromatic carbocycles. The minimum atomic E-state index is -0.186. The minimum Gasteiger partial charge on any atom is -0.306 e. The zero-order valence-electron chi connectivity index (χ0n) is 12.7. The topological polar surface area (TPSA) is 12.0 Å². The van der Waals surface area contributed by atoms with Crippen LogP contribution in [-0.2, 0) is 0 Å². The highest BCUT2D eigenvalue weighted by molar-refractivity contribution is 9.10. The van der Waals surface area contributed by atoms with E-state index in [1.807, 2.05) is 13.0 Å². The quantitative estimate of drug-likeness (QED) is 0.772. The first-order chi connectivity index (χ1) is 10.0. The Hall–Kier alpha value is -1.19. The lowest BCUT2D eigenvalue weighted by molar-refractivity contribution is 0.588. The van der Waals surface area contributed by atoms with Crippen LogP contribution in [0.5, 0.6) is 0 Å². The molecule has 1 N–H and O–H groups in total. The fourth-order valence-electron chi connectivity index (χ4n) is 2.53. The summed E-state index contributed by atoms with van der Waals surface area (Å²) in [4.78, 5) is 0. The fourth-order valence-corrected chi connectivity index (χ4v) is 3.03. The molecular weight excluding hydrogens is 329 g/mol. The SMILES string of the molecule is CCCNC(c1ccc(F)cc1C)c1cccc(C)c1Br. The van der Waals surface area contributed by atoms with Gasteiger partial charge in [0, 0.05) is 4.47 Å². The van der Waals surface area contributed by atoms with Gasteiger partial charge in [0.15, 0.2) is 0 Å². The molecule has 0 bridgehead atoms. The molecule has 0 aliphatic heterocycles. The first-order valence-electron chi connectivity index (χ1n) is 7.29. The maximum atomic E-state index is 13.4. The molecule has 0 radical (unpaired) electrons. The van der Waals surface area contributed by atoms with Gasteiger partial charge in [-0.05, 0) is 61.2 Å². The van der Waals surface area contributed by atoms with Gasteiger partial charge in [-0.1, -0.05) is 47.1 Å². The largest absolute Gasteiger partial charge is 0.306 e. The van der Waals surface area contributed by atoms with Gasteiger partial charge in [-0.15, -0.1) is 0 Å². The Morgan fingerprint density at radius 3 is 2.52 bits per heavy atom. The van der Waals surface area contributed by atoms with Crippen LogP contribution in [0.25, 0.3) is 0 Å². The number of nitrogens with one attached hydrogen (secondary N) is 1. The number of rotatable bonds is 5. The van der Waals surface area contributed by atoms with Crippen LogP contribution in [0.1, 0.15) is 41.6 Å². The van der Waals surface area contributed by atoms with Gasteiger partial charge < -0.3 is 5.32 Å². The summed E-state index contributed by atoms with van der Waals surface area (Å²) in [5, 5.41) is 3.58. The molecule has 0 saturated heterocycles. The molecule has 0 fully saturated rings. The number of benzene rings is 2. The van der Waals surface area contributed by atoms with Crippen molar-refractivity contribution in [1.29, 1.82) is 0 Å². The molecule has 0 heterocycles. The first kappa shape index (κ1) is 16.2. The molecule has 0 aliphatic rings. The van der Waals surface area contributed by atoms with Crippen LogP contribution in [0.2, 0.25) is 0 Å². The summed E-state index contributed by atoms with van der Waals surface area (Å²) < 4.78 is 14.5. The summed E-state index contributed by atoms with van der Waals surface area (Å²) in [6, 6.07) is 11.4. The van der Waals surface area contributed by atoms with E-state index in [0.29, 0.717) is 0 Å². The van der Waals surface area contributed by atoms with E-state index in [1.165, 1.54) is 17.2 Å². The zero-order chi connectivity index (χ0) is 15.4. The lowest BCUT2D eigenvalue weighted by Crippen LogP contribution is -2.24. The van der Waals surface area contributed by atoms with E-state index in [-0.39, 0.29) is 11.9 Å². The Balaban J connectivity index is 2.49. The second-order valence-corrected chi connectivity index (χ2v) is 6.16. The summed E-state index contributed by atoms with van der Waals surface area (Å²) in [6.45, 7) is 7.11. The number of aryl methyl sites for hydroxylation is 2. The van der Waals surface area contributed by atoms with Crippen molar-refractivity contribution in [3.05, 3.63) is 68.9 Å². The van der Waals surface area contributed by atoms with Crippen LogP contribution in [-0.4, -0.2) is 6.54 Å². The van der Waals surface area contributed by atoms with E-state index < -0.39 is 0 Å². The highest BCUT2D eigenvalue weighted by atomic mass is 79.9. The summed E-state index contributed by atoms with van der Waals surface area (Å²) >= 11 is 3.69. The predicted molar refractivity (Wildman–Crippen MR) is 90.2 cm³/mol. The van der Waals surface area contributed by atoms with Crippen molar-refractivity contribution in [2.24, 2.45) is 0 Å². The lowest BCUT2D eigenvalue weighted by Gasteiger charge is -2.23. The zero-order valence-corrected chi connectivity index (χ0v) is 14.3. The van der Waals surface area contributed by atoms with Crippen molar-refractivity contribution in [3.8, 4) is 0 Å². The van der Waals surface area contributed by atoms with Crippen molar-refractivity contribution in [3.63, 3.8) is 0 Å². The van der Waals surface area contributed by atoms with Gasteiger partial charge in [0.25, 0.3) is 0 Å². The lowest BCUT2D eigenvalue weighted by atomic mass is 9.94. The normalized spacial score (nSPS) is 12.4. The molecule has 0 spiro atoms. The highest BCUT2D eigenvalue weighted by Gasteiger charge is 2.18. The van der Waals surface area contributed by atoms with Gasteiger partial charge in [0.1, 0.15) is 5.82 Å². The maximum absolute atomic E-state index is 13.4. The Bertz CT molecular complexity index is 625. The molecule has 1 nitrogen and oxygen atoms in total. The monoisotopic (exact) mass is 349 g/mol. The molecule has 2 rings (SSSR count). The first-order valence-corrected chi connectivity index (χ1v) is 8.08. The molecule has 1 atom stereocenters. The fraction of sp³-hybridized carbons (Fsp3) is 0.333. The van der Waals surface area contributed by atoms with Gasteiger partial charge >= 0.3 is 0 Å². The van der Waals surface area contributed by atoms with Crippen LogP contribution in [0.3, 0.4) is 0 Å². The van der Waals surface area contributed by atoms with Crippen LogP contribution in [0, 0.1) is 19.7 Å². The summed E-state index contributed by atoms with van der Waals surface area (Å²) in [6.07, 6.45) is 1.06. The number of hydrogen-bond acceptors (Lipinski definition) is 1. The second-order valence-electron chi connectivity index (χ2n) is 5.37. The molecule has 112 valence electrons. The van der Waals surface area contributed by atoms with Crippen LogP contribution >= 0.6 is 15.9 Å². The van der Waals surface area contributed by atoms with Crippen LogP contribution in [0.15, 0.2) is 40.9 Å². The Morgan fingerprint density at radius 2 is 1.86 bits per heavy atom. The minimum absolute atomic E-state index is 0.0693. The maximum Gasteiger partial charge on any atom is 0.123 e. The summed E-state index contributed by atoms with van der Waals surface area (Å²) in [5.74, 6) is -0.186. The standard InChI is InChI=1S/C18H21BrFN/c1-4-10-21-18(15-9-8-14(20)11-13(15)3)16-7-5-6-12(2)17(16)19/h5-9,11,18,21H,4,10H2,1-3H3. The molecule has 1 unspecified atom stereocenters. The molecule has 2 aromatic rings. The van der Waals surface area contributed by atoms with E-state index in [2.05, 4.69) is 53.3 Å². The molecular formula is C18H21BrFN. The van der Waals surface area contributed by atoms with Gasteiger partial charge in [0.05, 0.1) is 6.04 Å². The van der Waals surface area contributed by atoms with Crippen molar-refractivity contribution in [2.45, 2.75) is 33.2 Å². The van der Waals surface area contributed by atoms with Gasteiger partial charge in [-0.25, -0.2) is 4.39 Å². The van der Waals surface area contributed by atoms with Gasteiger partial charge in [-0.3, -0.25) is 0 Å². The highest BCUT2D eigenvalue weighted by Crippen LogP contribution is 2.32. The van der Waals surface area contributed by atoms with E-state index in [9.17, 15) is 4.39 Å². The number of halogens is 2. The summed E-state index contributed by atoms with van der Waals surface area (Å²) in [5.41, 5.74) is 4.49. The Labute approximate surface area is 134 Å². The van der Waals surface area contributed by atoms with Crippen molar-refractivity contribution < 1.29 is 4.39 Å². The molecule has 3 heteroatoms. The third-order valence-electron chi connectivity index (χ3n) is 3.67. The Morgan fingerprint density at radius 1 is 1.10 bits per heavy atom. The average molecular weight is 350 g/mol. The van der Waals surface area contributed by atoms with E-state index >= 15 is 0 Å². The molecule has 21 heavy (non-hydrogen) atoms. The second kappa shape index (κ2) is 7.19. The molecule has 0 saturated carbocycles.